The van der Waals surface area contributed by atoms with Gasteiger partial charge in [0.15, 0.2) is 6.10 Å². The molecule has 0 bridgehead atoms. The Morgan fingerprint density at radius 2 is 0.456 bits per heavy atom. The minimum atomic E-state index is -0.815. The van der Waals surface area contributed by atoms with Crippen LogP contribution in [0.15, 0.2) is 170 Å². The minimum absolute atomic E-state index is 0.108. The van der Waals surface area contributed by atoms with Gasteiger partial charge in [-0.1, -0.05) is 255 Å². The van der Waals surface area contributed by atoms with Gasteiger partial charge in [-0.25, -0.2) is 0 Å². The monoisotopic (exact) mass is 1090 g/mol. The van der Waals surface area contributed by atoms with E-state index in [-0.39, 0.29) is 37.5 Å². The Balaban J connectivity index is 4.52. The van der Waals surface area contributed by atoms with Crippen molar-refractivity contribution in [1.29, 1.82) is 0 Å². The van der Waals surface area contributed by atoms with E-state index in [4.69, 9.17) is 14.2 Å². The molecule has 0 aliphatic rings. The summed E-state index contributed by atoms with van der Waals surface area (Å²) in [6.07, 6.45) is 96.3. The van der Waals surface area contributed by atoms with Crippen LogP contribution >= 0.6 is 0 Å². The maximum absolute atomic E-state index is 12.9. The van der Waals surface area contributed by atoms with Crippen LogP contribution in [0.4, 0.5) is 0 Å². The fraction of sp³-hybridized carbons (Fsp3) is 0.575. The van der Waals surface area contributed by atoms with Crippen molar-refractivity contribution in [2.24, 2.45) is 0 Å². The molecule has 0 saturated heterocycles. The predicted octanol–water partition coefficient (Wildman–Crippen LogP) is 21.9. The van der Waals surface area contributed by atoms with Crippen LogP contribution in [-0.2, 0) is 28.6 Å². The summed E-state index contributed by atoms with van der Waals surface area (Å²) < 4.78 is 16.9. The van der Waals surface area contributed by atoms with Crippen LogP contribution in [0.5, 0.6) is 0 Å². The quantitative estimate of drug-likeness (QED) is 0.0261. The van der Waals surface area contributed by atoms with Crippen molar-refractivity contribution in [3.8, 4) is 0 Å². The van der Waals surface area contributed by atoms with E-state index in [0.29, 0.717) is 12.8 Å². The summed E-state index contributed by atoms with van der Waals surface area (Å²) in [5.74, 6) is -0.966. The maximum atomic E-state index is 12.9. The molecule has 0 heterocycles. The van der Waals surface area contributed by atoms with E-state index in [1.165, 1.54) is 25.7 Å². The second kappa shape index (κ2) is 65.3. The average Bonchev–Trinajstić information content (AvgIpc) is 3.45. The highest BCUT2D eigenvalue weighted by molar-refractivity contribution is 5.71. The first-order chi connectivity index (χ1) is 39.0. The number of rotatable bonds is 55. The standard InChI is InChI=1S/C73H114O6/c1-4-7-10-13-16-19-22-25-28-31-33-35-36-38-39-42-45-48-51-54-57-60-63-66-72(75)78-69-70(68-77-71(74)65-62-59-56-53-50-47-44-41-30-27-24-21-18-15-12-9-6-3)79-73(76)67-64-61-58-55-52-49-46-43-40-37-34-32-29-26-23-20-17-14-11-8-5-2/h7-12,16-21,25-30,33-35,37-39,43-44,46-47,70H,4-6,13-15,22-24,31-32,36,40-42,45,48-69H2,1-3H3/b10-7-,11-8-,12-9-,19-16-,20-17-,21-18-,28-25-,29-26-,30-27-,35-33-,37-34-,39-38-,46-43-,47-44-. The van der Waals surface area contributed by atoms with Gasteiger partial charge in [0.2, 0.25) is 0 Å². The Bertz CT molecular complexity index is 1820. The van der Waals surface area contributed by atoms with Crippen molar-refractivity contribution in [1.82, 2.24) is 0 Å². The molecule has 0 spiro atoms. The highest BCUT2D eigenvalue weighted by atomic mass is 16.6. The molecule has 6 heteroatoms. The van der Waals surface area contributed by atoms with E-state index in [0.717, 1.165) is 186 Å². The lowest BCUT2D eigenvalue weighted by Gasteiger charge is -2.18. The molecule has 0 aromatic rings. The molecular formula is C73H114O6. The molecule has 0 aromatic carbocycles. The minimum Gasteiger partial charge on any atom is -0.462 e. The summed E-state index contributed by atoms with van der Waals surface area (Å²) in [5.41, 5.74) is 0. The largest absolute Gasteiger partial charge is 0.462 e. The van der Waals surface area contributed by atoms with Gasteiger partial charge < -0.3 is 14.2 Å². The number of carbonyl (C=O) groups is 3. The van der Waals surface area contributed by atoms with Gasteiger partial charge >= 0.3 is 17.9 Å². The second-order valence-corrected chi connectivity index (χ2v) is 20.2. The summed E-state index contributed by atoms with van der Waals surface area (Å²) in [7, 11) is 0. The molecule has 0 radical (unpaired) electrons. The molecule has 0 aromatic heterocycles. The lowest BCUT2D eigenvalue weighted by molar-refractivity contribution is -0.167. The molecular weight excluding hydrogens is 973 g/mol. The molecule has 0 rings (SSSR count). The Kier molecular flexibility index (Phi) is 61.0. The first-order valence-corrected chi connectivity index (χ1v) is 31.6. The summed E-state index contributed by atoms with van der Waals surface area (Å²) in [6, 6.07) is 0. The number of carbonyl (C=O) groups excluding carboxylic acids is 3. The van der Waals surface area contributed by atoms with E-state index in [9.17, 15) is 14.4 Å². The van der Waals surface area contributed by atoms with Crippen LogP contribution in [0.3, 0.4) is 0 Å². The van der Waals surface area contributed by atoms with E-state index in [1.807, 2.05) is 0 Å². The van der Waals surface area contributed by atoms with Crippen LogP contribution in [0.2, 0.25) is 0 Å². The molecule has 79 heavy (non-hydrogen) atoms. The number of esters is 3. The SMILES string of the molecule is CC/C=C\C/C=C\C/C=C\C/C=C\C/C=C\CCCCCCCCCC(=O)OCC(COC(=O)CCCCCC/C=C\C/C=C\C/C=C\C/C=C\CC)OC(=O)CCCCCCC/C=C\C/C=C\C/C=C\C/C=C\C/C=C\CC. The summed E-state index contributed by atoms with van der Waals surface area (Å²) in [5, 5.41) is 0. The normalized spacial score (nSPS) is 13.3. The molecule has 1 unspecified atom stereocenters. The first kappa shape index (κ1) is 73.8. The Morgan fingerprint density at radius 1 is 0.253 bits per heavy atom. The van der Waals surface area contributed by atoms with E-state index in [1.54, 1.807) is 0 Å². The molecule has 6 nitrogen and oxygen atoms in total. The number of hydrogen-bond donors (Lipinski definition) is 0. The van der Waals surface area contributed by atoms with Crippen molar-refractivity contribution in [3.05, 3.63) is 170 Å². The van der Waals surface area contributed by atoms with Crippen LogP contribution in [0.25, 0.3) is 0 Å². The van der Waals surface area contributed by atoms with Crippen LogP contribution in [-0.4, -0.2) is 37.2 Å². The van der Waals surface area contributed by atoms with E-state index >= 15 is 0 Å². The number of allylic oxidation sites excluding steroid dienone is 28. The maximum Gasteiger partial charge on any atom is 0.306 e. The predicted molar refractivity (Wildman–Crippen MR) is 343 cm³/mol. The van der Waals surface area contributed by atoms with Crippen LogP contribution < -0.4 is 0 Å². The smallest absolute Gasteiger partial charge is 0.306 e. The third-order valence-electron chi connectivity index (χ3n) is 12.7. The van der Waals surface area contributed by atoms with Gasteiger partial charge in [-0.05, 0) is 148 Å². The van der Waals surface area contributed by atoms with Crippen LogP contribution in [0.1, 0.15) is 252 Å². The van der Waals surface area contributed by atoms with Gasteiger partial charge in [0.25, 0.3) is 0 Å². The number of ether oxygens (including phenoxy) is 3. The number of hydrogen-bond acceptors (Lipinski definition) is 6. The van der Waals surface area contributed by atoms with Gasteiger partial charge in [-0.3, -0.25) is 14.4 Å². The summed E-state index contributed by atoms with van der Waals surface area (Å²) in [4.78, 5) is 38.4. The summed E-state index contributed by atoms with van der Waals surface area (Å²) in [6.45, 7) is 6.25. The Labute approximate surface area is 485 Å². The average molecular weight is 1090 g/mol. The lowest BCUT2D eigenvalue weighted by Crippen LogP contribution is -2.30. The molecule has 0 saturated carbocycles. The fourth-order valence-corrected chi connectivity index (χ4v) is 8.07. The van der Waals surface area contributed by atoms with Crippen molar-refractivity contribution in [2.45, 2.75) is 258 Å². The molecule has 0 amide bonds. The van der Waals surface area contributed by atoms with E-state index in [2.05, 4.69) is 191 Å². The third-order valence-corrected chi connectivity index (χ3v) is 12.7. The van der Waals surface area contributed by atoms with Crippen molar-refractivity contribution >= 4 is 17.9 Å². The molecule has 0 N–H and O–H groups in total. The Morgan fingerprint density at radius 3 is 0.709 bits per heavy atom. The summed E-state index contributed by atoms with van der Waals surface area (Å²) >= 11 is 0. The zero-order valence-electron chi connectivity index (χ0n) is 50.6. The van der Waals surface area contributed by atoms with Gasteiger partial charge in [-0.2, -0.15) is 0 Å². The first-order valence-electron chi connectivity index (χ1n) is 31.6. The second-order valence-electron chi connectivity index (χ2n) is 20.2. The number of unbranched alkanes of at least 4 members (excludes halogenated alkanes) is 16. The third kappa shape index (κ3) is 63.5. The Hall–Kier alpha value is -5.23. The van der Waals surface area contributed by atoms with Gasteiger partial charge in [0.05, 0.1) is 0 Å². The lowest BCUT2D eigenvalue weighted by atomic mass is 10.1. The molecule has 1 atom stereocenters. The van der Waals surface area contributed by atoms with Crippen molar-refractivity contribution < 1.29 is 28.6 Å². The van der Waals surface area contributed by atoms with Crippen molar-refractivity contribution in [3.63, 3.8) is 0 Å². The molecule has 0 aliphatic heterocycles. The zero-order chi connectivity index (χ0) is 57.1. The van der Waals surface area contributed by atoms with Crippen molar-refractivity contribution in [2.75, 3.05) is 13.2 Å². The van der Waals surface area contributed by atoms with E-state index < -0.39 is 6.10 Å². The van der Waals surface area contributed by atoms with Gasteiger partial charge in [-0.15, -0.1) is 0 Å². The molecule has 442 valence electrons. The topological polar surface area (TPSA) is 78.9 Å². The molecule has 0 fully saturated rings. The van der Waals surface area contributed by atoms with Crippen LogP contribution in [0, 0.1) is 0 Å². The zero-order valence-corrected chi connectivity index (χ0v) is 50.6. The highest BCUT2D eigenvalue weighted by Crippen LogP contribution is 2.14. The highest BCUT2D eigenvalue weighted by Gasteiger charge is 2.19. The fourth-order valence-electron chi connectivity index (χ4n) is 8.07. The van der Waals surface area contributed by atoms with Gasteiger partial charge in [0.1, 0.15) is 13.2 Å². The molecule has 0 aliphatic carbocycles. The van der Waals surface area contributed by atoms with Gasteiger partial charge in [0, 0.05) is 19.3 Å².